The molecule has 7 heteroatoms. The summed E-state index contributed by atoms with van der Waals surface area (Å²) in [7, 11) is 0. The van der Waals surface area contributed by atoms with Crippen LogP contribution in [0.2, 0.25) is 0 Å². The Balaban J connectivity index is 1.27. The van der Waals surface area contributed by atoms with Gasteiger partial charge in [0.05, 0.1) is 12.1 Å². The lowest BCUT2D eigenvalue weighted by atomic mass is 9.95. The summed E-state index contributed by atoms with van der Waals surface area (Å²) in [5.41, 5.74) is 8.21. The molecule has 4 heterocycles. The van der Waals surface area contributed by atoms with E-state index >= 15 is 0 Å². The summed E-state index contributed by atoms with van der Waals surface area (Å²) < 4.78 is 3.58. The summed E-state index contributed by atoms with van der Waals surface area (Å²) in [6.45, 7) is 23.0. The fourth-order valence-corrected chi connectivity index (χ4v) is 8.96. The summed E-state index contributed by atoms with van der Waals surface area (Å²) in [4.78, 5) is 19.3. The minimum Gasteiger partial charge on any atom is -0.378 e. The molecule has 0 spiro atoms. The second-order valence-electron chi connectivity index (χ2n) is 15.5. The van der Waals surface area contributed by atoms with Crippen molar-refractivity contribution in [1.82, 2.24) is 25.2 Å². The summed E-state index contributed by atoms with van der Waals surface area (Å²) in [5, 5.41) is 8.16. The summed E-state index contributed by atoms with van der Waals surface area (Å²) >= 11 is 1.80. The van der Waals surface area contributed by atoms with Gasteiger partial charge in [0.1, 0.15) is 6.04 Å². The molecule has 50 heavy (non-hydrogen) atoms. The maximum atomic E-state index is 14.7. The molecule has 1 aromatic carbocycles. The zero-order valence-corrected chi connectivity index (χ0v) is 31.4. The lowest BCUT2D eigenvalue weighted by Gasteiger charge is -2.34. The molecule has 5 aliphatic rings. The zero-order valence-electron chi connectivity index (χ0n) is 30.6. The standard InChI is InChI=1S/C43H61N5OS/c1-30-17-12-8-6-11-15-22-40-43(49)48-27-35(26-41(48)33(4)45-42(30)34(5)46-50-38-23-24-38)25-32(3)47-28-37-21-16-20-36(39(37)29-47)19-14-10-7-9-13-18-31(2)44-40/h12,14,16-17,19-21,30,35,38,40-42,44-46H,2-11,13,15,18,22-29H2,1H3/b17-12-,19-14+/t30-,35+,40-,41?,42?/m0/s1. The third-order valence-corrected chi connectivity index (χ3v) is 12.5. The summed E-state index contributed by atoms with van der Waals surface area (Å²) in [6, 6.07) is 6.32. The van der Waals surface area contributed by atoms with Gasteiger partial charge in [-0.2, -0.15) is 0 Å². The van der Waals surface area contributed by atoms with E-state index in [9.17, 15) is 4.79 Å². The van der Waals surface area contributed by atoms with Gasteiger partial charge in [0.2, 0.25) is 5.91 Å². The van der Waals surface area contributed by atoms with Gasteiger partial charge in [-0.05, 0) is 111 Å². The van der Waals surface area contributed by atoms with Crippen molar-refractivity contribution in [1.29, 1.82) is 0 Å². The smallest absolute Gasteiger partial charge is 0.245 e. The van der Waals surface area contributed by atoms with Gasteiger partial charge >= 0.3 is 0 Å². The number of hydrogen-bond acceptors (Lipinski definition) is 6. The zero-order chi connectivity index (χ0) is 35.0. The fourth-order valence-electron chi connectivity index (χ4n) is 8.15. The highest BCUT2D eigenvalue weighted by Crippen LogP contribution is 2.37. The van der Waals surface area contributed by atoms with Crippen molar-refractivity contribution < 1.29 is 4.79 Å². The first-order valence-corrected chi connectivity index (χ1v) is 20.3. The number of nitrogens with one attached hydrogen (secondary N) is 3. The highest BCUT2D eigenvalue weighted by Gasteiger charge is 2.41. The summed E-state index contributed by atoms with van der Waals surface area (Å²) in [6.07, 6.45) is 24.1. The maximum absolute atomic E-state index is 14.7. The predicted octanol–water partition coefficient (Wildman–Crippen LogP) is 9.11. The van der Waals surface area contributed by atoms with E-state index in [1.54, 1.807) is 11.9 Å². The van der Waals surface area contributed by atoms with Gasteiger partial charge in [0.15, 0.2) is 0 Å². The molecule has 5 bridgehead atoms. The van der Waals surface area contributed by atoms with Crippen LogP contribution in [0.5, 0.6) is 0 Å². The number of fused-ring (bicyclic) bond motifs is 3. The molecule has 1 saturated heterocycles. The molecule has 5 atom stereocenters. The molecule has 0 radical (unpaired) electrons. The van der Waals surface area contributed by atoms with Crippen LogP contribution >= 0.6 is 11.9 Å². The molecule has 3 N–H and O–H groups in total. The molecule has 0 aromatic heterocycles. The van der Waals surface area contributed by atoms with Crippen LogP contribution in [0.3, 0.4) is 0 Å². The molecule has 1 aliphatic carbocycles. The van der Waals surface area contributed by atoms with Crippen molar-refractivity contribution in [2.75, 3.05) is 6.54 Å². The van der Waals surface area contributed by atoms with Crippen LogP contribution in [0.25, 0.3) is 6.08 Å². The average molecular weight is 696 g/mol. The van der Waals surface area contributed by atoms with Gasteiger partial charge in [0.25, 0.3) is 0 Å². The Morgan fingerprint density at radius 2 is 1.76 bits per heavy atom. The molecular formula is C43H61N5OS. The first-order chi connectivity index (χ1) is 24.3. The molecule has 1 amide bonds. The van der Waals surface area contributed by atoms with Crippen molar-refractivity contribution in [3.63, 3.8) is 0 Å². The Hall–Kier alpha value is -3.32. The van der Waals surface area contributed by atoms with Gasteiger partial charge < -0.3 is 25.2 Å². The van der Waals surface area contributed by atoms with Crippen LogP contribution in [-0.4, -0.2) is 45.6 Å². The Labute approximate surface area is 306 Å². The summed E-state index contributed by atoms with van der Waals surface area (Å²) in [5.74, 6) is 0.709. The first-order valence-electron chi connectivity index (χ1n) is 19.4. The highest BCUT2D eigenvalue weighted by atomic mass is 32.2. The predicted molar refractivity (Wildman–Crippen MR) is 212 cm³/mol. The quantitative estimate of drug-likeness (QED) is 0.216. The van der Waals surface area contributed by atoms with Gasteiger partial charge in [-0.3, -0.25) is 4.79 Å². The monoisotopic (exact) mass is 695 g/mol. The van der Waals surface area contributed by atoms with E-state index in [1.165, 1.54) is 35.2 Å². The number of amides is 1. The molecule has 270 valence electrons. The molecule has 1 saturated carbocycles. The number of rotatable bonds is 4. The van der Waals surface area contributed by atoms with Crippen molar-refractivity contribution >= 4 is 23.9 Å². The molecule has 4 aliphatic heterocycles. The lowest BCUT2D eigenvalue weighted by molar-refractivity contribution is -0.134. The Morgan fingerprint density at radius 1 is 0.960 bits per heavy atom. The highest BCUT2D eigenvalue weighted by molar-refractivity contribution is 7.98. The fraction of sp³-hybridized carbons (Fsp3) is 0.558. The lowest BCUT2D eigenvalue weighted by Crippen LogP contribution is -2.51. The largest absolute Gasteiger partial charge is 0.378 e. The van der Waals surface area contributed by atoms with E-state index in [-0.39, 0.29) is 30.0 Å². The first kappa shape index (κ1) is 36.5. The van der Waals surface area contributed by atoms with E-state index in [4.69, 9.17) is 0 Å². The molecule has 2 fully saturated rings. The Morgan fingerprint density at radius 3 is 2.58 bits per heavy atom. The average Bonchev–Trinajstić information content (AvgIpc) is 3.67. The van der Waals surface area contributed by atoms with Crippen LogP contribution in [0.15, 0.2) is 85.5 Å². The van der Waals surface area contributed by atoms with E-state index in [0.717, 1.165) is 107 Å². The minimum atomic E-state index is -0.276. The van der Waals surface area contributed by atoms with Gasteiger partial charge in [-0.15, -0.1) is 0 Å². The third-order valence-electron chi connectivity index (χ3n) is 11.3. The third kappa shape index (κ3) is 9.51. The van der Waals surface area contributed by atoms with Crippen LogP contribution in [0.1, 0.15) is 114 Å². The van der Waals surface area contributed by atoms with Crippen LogP contribution in [-0.2, 0) is 17.9 Å². The maximum Gasteiger partial charge on any atom is 0.245 e. The minimum absolute atomic E-state index is 0.0243. The van der Waals surface area contributed by atoms with E-state index in [0.29, 0.717) is 17.7 Å². The van der Waals surface area contributed by atoms with Crippen molar-refractivity contribution in [2.45, 2.75) is 133 Å². The molecule has 1 aromatic rings. The molecule has 6 nitrogen and oxygen atoms in total. The van der Waals surface area contributed by atoms with Crippen LogP contribution < -0.4 is 15.4 Å². The topological polar surface area (TPSA) is 59.6 Å². The van der Waals surface area contributed by atoms with E-state index in [1.807, 2.05) is 0 Å². The number of hydrogen-bond donors (Lipinski definition) is 3. The second kappa shape index (κ2) is 17.3. The van der Waals surface area contributed by atoms with Crippen molar-refractivity contribution in [3.8, 4) is 0 Å². The number of carbonyl (C=O) groups excluding carboxylic acids is 1. The Kier molecular flexibility index (Phi) is 12.6. The van der Waals surface area contributed by atoms with Gasteiger partial charge in [0, 0.05) is 47.7 Å². The second-order valence-corrected chi connectivity index (χ2v) is 16.6. The van der Waals surface area contributed by atoms with Crippen molar-refractivity contribution in [2.24, 2.45) is 11.8 Å². The molecule has 2 unspecified atom stereocenters. The molecule has 6 rings (SSSR count). The Bertz CT molecular complexity index is 1480. The number of allylic oxidation sites excluding steroid dienone is 4. The van der Waals surface area contributed by atoms with Gasteiger partial charge in [-0.1, -0.05) is 95.0 Å². The van der Waals surface area contributed by atoms with Crippen LogP contribution in [0, 0.1) is 11.8 Å². The van der Waals surface area contributed by atoms with Crippen LogP contribution in [0.4, 0.5) is 0 Å². The molecular weight excluding hydrogens is 635 g/mol. The number of carbonyl (C=O) groups is 1. The number of nitrogens with zero attached hydrogens (tertiary/aromatic N) is 2. The normalized spacial score (nSPS) is 30.1. The van der Waals surface area contributed by atoms with E-state index in [2.05, 4.69) is 101 Å². The van der Waals surface area contributed by atoms with Gasteiger partial charge in [-0.25, -0.2) is 0 Å². The van der Waals surface area contributed by atoms with E-state index < -0.39 is 0 Å². The van der Waals surface area contributed by atoms with Crippen molar-refractivity contribution in [3.05, 3.63) is 102 Å². The SMILES string of the molecule is C=C1CCCCC/C=C/c2cccc3c2CN(C3)C(=C)C[C@@H]2CC3C(=C)NC(C(=C)NSC4CC4)[C@@H](C)/C=C\CCCCC[C@H](N1)C(=O)N3C2. The number of benzene rings is 1.